The molecular formula is C16H24FIN4O. The zero-order valence-electron chi connectivity index (χ0n) is 13.3. The van der Waals surface area contributed by atoms with Gasteiger partial charge in [-0.3, -0.25) is 4.79 Å². The number of nitrogens with one attached hydrogen (secondary N) is 3. The fraction of sp³-hybridized carbons (Fsp3) is 0.500. The van der Waals surface area contributed by atoms with Crippen molar-refractivity contribution in [3.05, 3.63) is 35.6 Å². The summed E-state index contributed by atoms with van der Waals surface area (Å²) in [6.45, 7) is 4.42. The minimum Gasteiger partial charge on any atom is -0.357 e. The monoisotopic (exact) mass is 434 g/mol. The number of hydrogen-bond donors (Lipinski definition) is 3. The fourth-order valence-corrected chi connectivity index (χ4v) is 1.96. The van der Waals surface area contributed by atoms with E-state index in [9.17, 15) is 9.18 Å². The molecule has 2 rings (SSSR count). The van der Waals surface area contributed by atoms with E-state index >= 15 is 0 Å². The number of carbonyl (C=O) groups excluding carboxylic acids is 1. The van der Waals surface area contributed by atoms with E-state index in [4.69, 9.17) is 0 Å². The lowest BCUT2D eigenvalue weighted by Gasteiger charge is -2.11. The molecule has 0 radical (unpaired) electrons. The lowest BCUT2D eigenvalue weighted by atomic mass is 10.2. The van der Waals surface area contributed by atoms with Crippen LogP contribution in [0.4, 0.5) is 4.39 Å². The summed E-state index contributed by atoms with van der Waals surface area (Å²) in [5, 5.41) is 9.20. The second kappa shape index (κ2) is 10.4. The number of nitrogens with zero attached hydrogens (tertiary/aromatic N) is 1. The van der Waals surface area contributed by atoms with Crippen LogP contribution in [0, 0.1) is 11.7 Å². The lowest BCUT2D eigenvalue weighted by molar-refractivity contribution is -0.122. The van der Waals surface area contributed by atoms with Gasteiger partial charge in [-0.25, -0.2) is 9.38 Å². The second-order valence-electron chi connectivity index (χ2n) is 5.31. The first-order valence-corrected chi connectivity index (χ1v) is 7.73. The van der Waals surface area contributed by atoms with Gasteiger partial charge in [-0.15, -0.1) is 24.0 Å². The largest absolute Gasteiger partial charge is 0.357 e. The Morgan fingerprint density at radius 3 is 2.43 bits per heavy atom. The molecule has 128 valence electrons. The maximum atomic E-state index is 12.8. The van der Waals surface area contributed by atoms with Gasteiger partial charge in [0.05, 0.1) is 6.54 Å². The minimum atomic E-state index is -0.246. The summed E-state index contributed by atoms with van der Waals surface area (Å²) in [6, 6.07) is 6.30. The van der Waals surface area contributed by atoms with Gasteiger partial charge in [-0.2, -0.15) is 0 Å². The molecule has 0 aliphatic heterocycles. The SMILES string of the molecule is CCNC(=NCc1ccc(F)cc1)NCCNC(=O)C1CC1.I. The van der Waals surface area contributed by atoms with Gasteiger partial charge in [-0.1, -0.05) is 12.1 Å². The summed E-state index contributed by atoms with van der Waals surface area (Å²) in [4.78, 5) is 15.9. The molecule has 0 unspecified atom stereocenters. The highest BCUT2D eigenvalue weighted by Crippen LogP contribution is 2.28. The van der Waals surface area contributed by atoms with Crippen LogP contribution in [-0.4, -0.2) is 31.5 Å². The highest BCUT2D eigenvalue weighted by atomic mass is 127. The standard InChI is InChI=1S/C16H23FN4O.HI/c1-2-18-16(20-10-9-19-15(22)13-5-6-13)21-11-12-3-7-14(17)8-4-12;/h3-4,7-8,13H,2,5-6,9-11H2,1H3,(H,19,22)(H2,18,20,21);1H. The van der Waals surface area contributed by atoms with Crippen LogP contribution in [0.2, 0.25) is 0 Å². The molecule has 1 aliphatic carbocycles. The predicted molar refractivity (Wildman–Crippen MR) is 100 cm³/mol. The Kier molecular flexibility index (Phi) is 8.90. The number of hydrogen-bond acceptors (Lipinski definition) is 2. The van der Waals surface area contributed by atoms with Crippen molar-refractivity contribution in [2.45, 2.75) is 26.3 Å². The van der Waals surface area contributed by atoms with Gasteiger partial charge in [0.25, 0.3) is 0 Å². The molecule has 0 atom stereocenters. The molecule has 0 heterocycles. The van der Waals surface area contributed by atoms with Crippen LogP contribution in [0.25, 0.3) is 0 Å². The molecule has 3 N–H and O–H groups in total. The molecule has 1 fully saturated rings. The van der Waals surface area contributed by atoms with Crippen LogP contribution in [-0.2, 0) is 11.3 Å². The molecule has 1 amide bonds. The van der Waals surface area contributed by atoms with E-state index < -0.39 is 0 Å². The Labute approximate surface area is 153 Å². The lowest BCUT2D eigenvalue weighted by Crippen LogP contribution is -2.41. The molecule has 0 spiro atoms. The molecule has 0 bridgehead atoms. The third-order valence-electron chi connectivity index (χ3n) is 3.34. The molecule has 1 aromatic carbocycles. The second-order valence-corrected chi connectivity index (χ2v) is 5.31. The first kappa shape index (κ1) is 19.7. The molecule has 0 saturated heterocycles. The number of amides is 1. The van der Waals surface area contributed by atoms with Crippen LogP contribution < -0.4 is 16.0 Å². The van der Waals surface area contributed by atoms with Crippen LogP contribution >= 0.6 is 24.0 Å². The summed E-state index contributed by atoms with van der Waals surface area (Å²) >= 11 is 0. The van der Waals surface area contributed by atoms with Crippen LogP contribution in [0.1, 0.15) is 25.3 Å². The van der Waals surface area contributed by atoms with E-state index in [0.717, 1.165) is 24.9 Å². The molecule has 7 heteroatoms. The van der Waals surface area contributed by atoms with Crippen molar-refractivity contribution < 1.29 is 9.18 Å². The van der Waals surface area contributed by atoms with E-state index in [0.29, 0.717) is 25.6 Å². The molecule has 0 aromatic heterocycles. The molecular weight excluding hydrogens is 410 g/mol. The van der Waals surface area contributed by atoms with Gasteiger partial charge >= 0.3 is 0 Å². The van der Waals surface area contributed by atoms with Crippen molar-refractivity contribution in [3.63, 3.8) is 0 Å². The van der Waals surface area contributed by atoms with Crippen molar-refractivity contribution in [1.82, 2.24) is 16.0 Å². The maximum absolute atomic E-state index is 12.8. The number of carbonyl (C=O) groups is 1. The van der Waals surface area contributed by atoms with E-state index in [1.165, 1.54) is 12.1 Å². The third kappa shape index (κ3) is 7.62. The first-order valence-electron chi connectivity index (χ1n) is 7.73. The highest BCUT2D eigenvalue weighted by molar-refractivity contribution is 14.0. The van der Waals surface area contributed by atoms with E-state index in [-0.39, 0.29) is 41.6 Å². The smallest absolute Gasteiger partial charge is 0.223 e. The van der Waals surface area contributed by atoms with Gasteiger partial charge in [0, 0.05) is 25.6 Å². The van der Waals surface area contributed by atoms with Crippen LogP contribution in [0.15, 0.2) is 29.3 Å². The fourth-order valence-electron chi connectivity index (χ4n) is 1.96. The topological polar surface area (TPSA) is 65.5 Å². The average molecular weight is 434 g/mol. The predicted octanol–water partition coefficient (Wildman–Crippen LogP) is 2.03. The highest BCUT2D eigenvalue weighted by Gasteiger charge is 2.28. The first-order chi connectivity index (χ1) is 10.7. The zero-order valence-corrected chi connectivity index (χ0v) is 15.6. The van der Waals surface area contributed by atoms with E-state index in [1.54, 1.807) is 12.1 Å². The number of guanidine groups is 1. The Balaban J connectivity index is 0.00000264. The Morgan fingerprint density at radius 2 is 1.83 bits per heavy atom. The van der Waals surface area contributed by atoms with Crippen molar-refractivity contribution in [3.8, 4) is 0 Å². The zero-order chi connectivity index (χ0) is 15.8. The number of aliphatic imine (C=N–C) groups is 1. The summed E-state index contributed by atoms with van der Waals surface area (Å²) < 4.78 is 12.8. The van der Waals surface area contributed by atoms with Crippen molar-refractivity contribution >= 4 is 35.8 Å². The van der Waals surface area contributed by atoms with Crippen molar-refractivity contribution in [2.24, 2.45) is 10.9 Å². The number of benzene rings is 1. The van der Waals surface area contributed by atoms with Gasteiger partial charge in [0.15, 0.2) is 5.96 Å². The number of halogens is 2. The van der Waals surface area contributed by atoms with Crippen LogP contribution in [0.3, 0.4) is 0 Å². The normalized spacial score (nSPS) is 13.9. The molecule has 5 nitrogen and oxygen atoms in total. The summed E-state index contributed by atoms with van der Waals surface area (Å²) in [7, 11) is 0. The Hall–Kier alpha value is -1.38. The molecule has 23 heavy (non-hydrogen) atoms. The van der Waals surface area contributed by atoms with Gasteiger partial charge in [0.2, 0.25) is 5.91 Å². The summed E-state index contributed by atoms with van der Waals surface area (Å²) in [5.74, 6) is 0.826. The molecule has 1 aromatic rings. The molecule has 1 aliphatic rings. The Morgan fingerprint density at radius 1 is 1.17 bits per heavy atom. The van der Waals surface area contributed by atoms with Crippen molar-refractivity contribution in [1.29, 1.82) is 0 Å². The minimum absolute atomic E-state index is 0. The van der Waals surface area contributed by atoms with E-state index in [1.807, 2.05) is 6.92 Å². The summed E-state index contributed by atoms with van der Waals surface area (Å²) in [5.41, 5.74) is 0.945. The Bertz CT molecular complexity index is 517. The summed E-state index contributed by atoms with van der Waals surface area (Å²) in [6.07, 6.45) is 2.03. The third-order valence-corrected chi connectivity index (χ3v) is 3.34. The van der Waals surface area contributed by atoms with Crippen LogP contribution in [0.5, 0.6) is 0 Å². The van der Waals surface area contributed by atoms with Crippen molar-refractivity contribution in [2.75, 3.05) is 19.6 Å². The average Bonchev–Trinajstić information content (AvgIpc) is 3.35. The maximum Gasteiger partial charge on any atom is 0.223 e. The van der Waals surface area contributed by atoms with Gasteiger partial charge in [-0.05, 0) is 37.5 Å². The number of rotatable bonds is 7. The van der Waals surface area contributed by atoms with E-state index in [2.05, 4.69) is 20.9 Å². The molecule has 1 saturated carbocycles. The van der Waals surface area contributed by atoms with Gasteiger partial charge in [0.1, 0.15) is 5.82 Å². The quantitative estimate of drug-likeness (QED) is 0.266. The van der Waals surface area contributed by atoms with Gasteiger partial charge < -0.3 is 16.0 Å².